The maximum atomic E-state index is 13.9. The number of carbonyl (C=O) groups is 1. The van der Waals surface area contributed by atoms with Crippen molar-refractivity contribution in [2.24, 2.45) is 0 Å². The maximum absolute atomic E-state index is 13.9. The van der Waals surface area contributed by atoms with Gasteiger partial charge in [0.15, 0.2) is 6.39 Å². The monoisotopic (exact) mass is 600 g/mol. The highest BCUT2D eigenvalue weighted by Gasteiger charge is 2.36. The molecule has 12 heteroatoms. The Morgan fingerprint density at radius 3 is 2.80 bits per heavy atom. The largest absolute Gasteiger partial charge is 0.448 e. The molecule has 10 nitrogen and oxygen atoms in total. The Morgan fingerprint density at radius 1 is 1.10 bits per heavy atom. The van der Waals surface area contributed by atoms with E-state index in [4.69, 9.17) is 4.42 Å². The Morgan fingerprint density at radius 2 is 1.95 bits per heavy atom. The van der Waals surface area contributed by atoms with E-state index in [1.165, 1.54) is 12.5 Å². The number of halogens is 2. The molecule has 0 spiro atoms. The molecule has 1 amide bonds. The molecule has 1 N–H and O–H groups in total. The van der Waals surface area contributed by atoms with Gasteiger partial charge in [0.1, 0.15) is 28.7 Å². The summed E-state index contributed by atoms with van der Waals surface area (Å²) >= 11 is 3.25. The van der Waals surface area contributed by atoms with Crippen LogP contribution in [0.4, 0.5) is 4.39 Å². The molecule has 0 bridgehead atoms. The topological polar surface area (TPSA) is 111 Å². The van der Waals surface area contributed by atoms with Gasteiger partial charge in [-0.05, 0) is 34.1 Å². The predicted molar refractivity (Wildman–Crippen MR) is 147 cm³/mol. The molecule has 1 fully saturated rings. The number of hydrogen-bond acceptors (Lipinski definition) is 6. The number of imidazole rings is 1. The Bertz CT molecular complexity index is 1830. The number of nitrogens with zero attached hydrogens (tertiary/aromatic N) is 7. The van der Waals surface area contributed by atoms with Gasteiger partial charge < -0.3 is 18.9 Å². The molecule has 7 rings (SSSR count). The van der Waals surface area contributed by atoms with E-state index in [1.807, 2.05) is 47.3 Å². The number of nitrogens with one attached hydrogen (secondary N) is 1. The Balaban J connectivity index is 0.986. The molecule has 0 atom stereocenters. The van der Waals surface area contributed by atoms with Crippen LogP contribution in [0.5, 0.6) is 0 Å². The number of hydrogen-bond donors (Lipinski definition) is 1. The van der Waals surface area contributed by atoms with E-state index >= 15 is 0 Å². The van der Waals surface area contributed by atoms with E-state index in [0.717, 1.165) is 28.4 Å². The number of oxazole rings is 1. The van der Waals surface area contributed by atoms with Crippen molar-refractivity contribution in [2.45, 2.75) is 19.0 Å². The predicted octanol–water partition coefficient (Wildman–Crippen LogP) is 4.85. The highest BCUT2D eigenvalue weighted by molar-refractivity contribution is 9.10. The van der Waals surface area contributed by atoms with Crippen LogP contribution in [-0.2, 0) is 13.1 Å². The van der Waals surface area contributed by atoms with E-state index < -0.39 is 0 Å². The molecular weight excluding hydrogens is 579 g/mol. The van der Waals surface area contributed by atoms with Crippen LogP contribution in [-0.4, -0.2) is 58.4 Å². The molecule has 0 aliphatic carbocycles. The van der Waals surface area contributed by atoms with Crippen molar-refractivity contribution < 1.29 is 13.6 Å². The SMILES string of the molecule is O=C(c1cc2c(Br)c(F)ccc2[nH]1)N1CC(c2ocnc2Cn2cc(Cn3cnc(-c4ccccc4)c3)nn2)C1. The summed E-state index contributed by atoms with van der Waals surface area (Å²) in [6.45, 7) is 1.95. The van der Waals surface area contributed by atoms with E-state index in [2.05, 4.69) is 41.2 Å². The van der Waals surface area contributed by atoms with Crippen LogP contribution < -0.4 is 0 Å². The summed E-state index contributed by atoms with van der Waals surface area (Å²) in [6.07, 6.45) is 7.08. The first-order chi connectivity index (χ1) is 19.5. The molecule has 6 aromatic rings. The minimum atomic E-state index is -0.370. The lowest BCUT2D eigenvalue weighted by atomic mass is 9.95. The van der Waals surface area contributed by atoms with Gasteiger partial charge in [0.2, 0.25) is 0 Å². The molecule has 1 saturated heterocycles. The third kappa shape index (κ3) is 4.49. The number of amides is 1. The fourth-order valence-electron chi connectivity index (χ4n) is 5.00. The summed E-state index contributed by atoms with van der Waals surface area (Å²) in [6, 6.07) is 14.7. The van der Waals surface area contributed by atoms with Crippen LogP contribution >= 0.6 is 15.9 Å². The smallest absolute Gasteiger partial charge is 0.270 e. The Kier molecular flexibility index (Phi) is 6.03. The first-order valence-corrected chi connectivity index (χ1v) is 13.5. The van der Waals surface area contributed by atoms with E-state index in [9.17, 15) is 9.18 Å². The number of fused-ring (bicyclic) bond motifs is 1. The van der Waals surface area contributed by atoms with E-state index in [0.29, 0.717) is 47.2 Å². The van der Waals surface area contributed by atoms with Crippen LogP contribution in [0, 0.1) is 5.82 Å². The second-order valence-electron chi connectivity index (χ2n) is 9.78. The number of aromatic nitrogens is 7. The molecule has 0 radical (unpaired) electrons. The molecule has 0 unspecified atom stereocenters. The van der Waals surface area contributed by atoms with Gasteiger partial charge in [-0.2, -0.15) is 0 Å². The van der Waals surface area contributed by atoms with Crippen LogP contribution in [0.2, 0.25) is 0 Å². The van der Waals surface area contributed by atoms with Gasteiger partial charge in [-0.3, -0.25) is 4.79 Å². The summed E-state index contributed by atoms with van der Waals surface area (Å²) in [5.74, 6) is 0.257. The van der Waals surface area contributed by atoms with Crippen molar-refractivity contribution in [1.82, 2.24) is 39.4 Å². The second-order valence-corrected chi connectivity index (χ2v) is 10.6. The number of benzene rings is 2. The number of likely N-dealkylation sites (tertiary alicyclic amines) is 1. The van der Waals surface area contributed by atoms with Crippen molar-refractivity contribution in [3.8, 4) is 11.3 Å². The van der Waals surface area contributed by atoms with Crippen molar-refractivity contribution in [1.29, 1.82) is 0 Å². The summed E-state index contributed by atoms with van der Waals surface area (Å²) in [7, 11) is 0. The fourth-order valence-corrected chi connectivity index (χ4v) is 5.46. The van der Waals surface area contributed by atoms with Crippen molar-refractivity contribution >= 4 is 32.7 Å². The zero-order chi connectivity index (χ0) is 27.2. The third-order valence-electron chi connectivity index (χ3n) is 7.08. The summed E-state index contributed by atoms with van der Waals surface area (Å²) in [5, 5.41) is 9.20. The number of rotatable bonds is 7. The summed E-state index contributed by atoms with van der Waals surface area (Å²) < 4.78 is 23.6. The highest BCUT2D eigenvalue weighted by Crippen LogP contribution is 2.32. The molecular formula is C28H22BrFN8O2. The number of aromatic amines is 1. The minimum Gasteiger partial charge on any atom is -0.448 e. The van der Waals surface area contributed by atoms with Gasteiger partial charge >= 0.3 is 0 Å². The lowest BCUT2D eigenvalue weighted by molar-refractivity contribution is 0.0575. The third-order valence-corrected chi connectivity index (χ3v) is 7.88. The number of H-pyrrole nitrogens is 1. The fraction of sp³-hybridized carbons (Fsp3) is 0.179. The standard InChI is InChI=1S/C28H22BrFN8O2/c29-26-20-8-23(33-22(20)7-6-21(26)30)28(39)37-9-18(10-37)27-25(32-16-40-27)14-38-12-19(34-35-38)11-36-13-24(31-15-36)17-4-2-1-3-5-17/h1-8,12-13,15-16,18,33H,9-11,14H2. The summed E-state index contributed by atoms with van der Waals surface area (Å²) in [5.41, 5.74) is 4.63. The first-order valence-electron chi connectivity index (χ1n) is 12.7. The van der Waals surface area contributed by atoms with E-state index in [1.54, 1.807) is 28.0 Å². The van der Waals surface area contributed by atoms with Gasteiger partial charge in [-0.25, -0.2) is 19.0 Å². The zero-order valence-corrected chi connectivity index (χ0v) is 22.6. The molecule has 0 saturated carbocycles. The number of carbonyl (C=O) groups excluding carboxylic acids is 1. The van der Waals surface area contributed by atoms with Crippen molar-refractivity contribution in [3.05, 3.63) is 107 Å². The van der Waals surface area contributed by atoms with Crippen molar-refractivity contribution in [3.63, 3.8) is 0 Å². The van der Waals surface area contributed by atoms with Gasteiger partial charge in [0.25, 0.3) is 5.91 Å². The summed E-state index contributed by atoms with van der Waals surface area (Å²) in [4.78, 5) is 26.7. The molecule has 5 heterocycles. The van der Waals surface area contributed by atoms with Crippen LogP contribution in [0.15, 0.2) is 82.5 Å². The molecule has 1 aliphatic rings. The highest BCUT2D eigenvalue weighted by atomic mass is 79.9. The quantitative estimate of drug-likeness (QED) is 0.280. The molecule has 2 aromatic carbocycles. The van der Waals surface area contributed by atoms with Crippen LogP contribution in [0.25, 0.3) is 22.2 Å². The van der Waals surface area contributed by atoms with Gasteiger partial charge in [0, 0.05) is 35.8 Å². The van der Waals surface area contributed by atoms with Crippen LogP contribution in [0.1, 0.15) is 33.6 Å². The Labute approximate surface area is 235 Å². The maximum Gasteiger partial charge on any atom is 0.270 e. The molecule has 40 heavy (non-hydrogen) atoms. The lowest BCUT2D eigenvalue weighted by Gasteiger charge is -2.38. The minimum absolute atomic E-state index is 0.0281. The average molecular weight is 601 g/mol. The first kappa shape index (κ1) is 24.5. The molecule has 1 aliphatic heterocycles. The zero-order valence-electron chi connectivity index (χ0n) is 21.0. The van der Waals surface area contributed by atoms with Gasteiger partial charge in [0.05, 0.1) is 41.7 Å². The van der Waals surface area contributed by atoms with Gasteiger partial charge in [-0.1, -0.05) is 35.5 Å². The second kappa shape index (κ2) is 9.87. The Hall–Kier alpha value is -4.58. The van der Waals surface area contributed by atoms with E-state index in [-0.39, 0.29) is 17.6 Å². The normalized spacial score (nSPS) is 13.7. The molecule has 200 valence electrons. The molecule has 4 aromatic heterocycles. The average Bonchev–Trinajstić information content (AvgIpc) is 3.75. The van der Waals surface area contributed by atoms with Gasteiger partial charge in [-0.15, -0.1) is 5.10 Å². The lowest BCUT2D eigenvalue weighted by Crippen LogP contribution is -2.48. The van der Waals surface area contributed by atoms with Crippen molar-refractivity contribution in [2.75, 3.05) is 13.1 Å². The van der Waals surface area contributed by atoms with Crippen LogP contribution in [0.3, 0.4) is 0 Å².